The lowest BCUT2D eigenvalue weighted by molar-refractivity contribution is -0.135. The van der Waals surface area contributed by atoms with E-state index in [1.165, 1.54) is 12.0 Å². The normalized spacial score (nSPS) is 20.1. The van der Waals surface area contributed by atoms with E-state index in [2.05, 4.69) is 36.2 Å². The SMILES string of the molecule is CC(C)[C@H](N)C(=O)N1CCC[C@@H](CN(C)Cc2ccccc2)C1. The first kappa shape index (κ1) is 18.0. The average molecular weight is 317 g/mol. The van der Waals surface area contributed by atoms with Gasteiger partial charge in [-0.15, -0.1) is 0 Å². The molecule has 1 amide bonds. The minimum Gasteiger partial charge on any atom is -0.341 e. The predicted octanol–water partition coefficient (Wildman–Crippen LogP) is 2.34. The van der Waals surface area contributed by atoms with Gasteiger partial charge in [0.2, 0.25) is 5.91 Å². The Bertz CT molecular complexity index is 489. The van der Waals surface area contributed by atoms with E-state index >= 15 is 0 Å². The number of hydrogen-bond acceptors (Lipinski definition) is 3. The van der Waals surface area contributed by atoms with Crippen molar-refractivity contribution in [1.82, 2.24) is 9.80 Å². The van der Waals surface area contributed by atoms with Gasteiger partial charge >= 0.3 is 0 Å². The summed E-state index contributed by atoms with van der Waals surface area (Å²) in [5.74, 6) is 0.861. The van der Waals surface area contributed by atoms with E-state index in [0.29, 0.717) is 5.92 Å². The molecule has 4 nitrogen and oxygen atoms in total. The maximum atomic E-state index is 12.4. The van der Waals surface area contributed by atoms with E-state index in [9.17, 15) is 4.79 Å². The second-order valence-corrected chi connectivity index (χ2v) is 7.24. The molecule has 2 atom stereocenters. The molecular weight excluding hydrogens is 286 g/mol. The molecule has 1 aromatic rings. The van der Waals surface area contributed by atoms with Crippen molar-refractivity contribution < 1.29 is 4.79 Å². The third-order valence-electron chi connectivity index (χ3n) is 4.70. The molecule has 4 heteroatoms. The number of likely N-dealkylation sites (tertiary alicyclic amines) is 1. The monoisotopic (exact) mass is 317 g/mol. The Morgan fingerprint density at radius 3 is 2.70 bits per heavy atom. The van der Waals surface area contributed by atoms with Crippen LogP contribution in [0.15, 0.2) is 30.3 Å². The van der Waals surface area contributed by atoms with Gasteiger partial charge < -0.3 is 15.5 Å². The van der Waals surface area contributed by atoms with Crippen LogP contribution in [0.3, 0.4) is 0 Å². The topological polar surface area (TPSA) is 49.6 Å². The molecule has 1 heterocycles. The van der Waals surface area contributed by atoms with Gasteiger partial charge in [-0.05, 0) is 37.3 Å². The average Bonchev–Trinajstić information content (AvgIpc) is 2.54. The Balaban J connectivity index is 1.85. The Kier molecular flexibility index (Phi) is 6.60. The summed E-state index contributed by atoms with van der Waals surface area (Å²) >= 11 is 0. The van der Waals surface area contributed by atoms with Crippen molar-refractivity contribution in [3.8, 4) is 0 Å². The summed E-state index contributed by atoms with van der Waals surface area (Å²) < 4.78 is 0. The van der Waals surface area contributed by atoms with E-state index in [0.717, 1.165) is 32.6 Å². The zero-order valence-electron chi connectivity index (χ0n) is 14.7. The molecule has 1 saturated heterocycles. The minimum absolute atomic E-state index is 0.121. The number of benzene rings is 1. The third-order valence-corrected chi connectivity index (χ3v) is 4.70. The van der Waals surface area contributed by atoms with Gasteiger partial charge in [-0.1, -0.05) is 44.2 Å². The summed E-state index contributed by atoms with van der Waals surface area (Å²) in [4.78, 5) is 16.8. The summed E-state index contributed by atoms with van der Waals surface area (Å²) in [6, 6.07) is 10.2. The number of carbonyl (C=O) groups is 1. The number of nitrogens with zero attached hydrogens (tertiary/aromatic N) is 2. The standard InChI is InChI=1S/C19H31N3O/c1-15(2)18(20)19(23)22-11-7-10-17(14-22)13-21(3)12-16-8-5-4-6-9-16/h4-6,8-9,15,17-18H,7,10-14,20H2,1-3H3/t17-,18-/m0/s1. The molecule has 2 rings (SSSR count). The lowest BCUT2D eigenvalue weighted by Crippen LogP contribution is -2.51. The fourth-order valence-corrected chi connectivity index (χ4v) is 3.31. The van der Waals surface area contributed by atoms with Crippen molar-refractivity contribution in [2.24, 2.45) is 17.6 Å². The molecule has 0 spiro atoms. The highest BCUT2D eigenvalue weighted by molar-refractivity contribution is 5.82. The van der Waals surface area contributed by atoms with Crippen molar-refractivity contribution in [3.05, 3.63) is 35.9 Å². The number of amides is 1. The van der Waals surface area contributed by atoms with E-state index in [4.69, 9.17) is 5.73 Å². The van der Waals surface area contributed by atoms with Gasteiger partial charge in [0.25, 0.3) is 0 Å². The zero-order chi connectivity index (χ0) is 16.8. The first-order valence-electron chi connectivity index (χ1n) is 8.74. The second-order valence-electron chi connectivity index (χ2n) is 7.24. The summed E-state index contributed by atoms with van der Waals surface area (Å²) in [7, 11) is 2.16. The molecule has 1 aromatic carbocycles. The van der Waals surface area contributed by atoms with Crippen LogP contribution in [0.1, 0.15) is 32.3 Å². The molecule has 2 N–H and O–H groups in total. The number of hydrogen-bond donors (Lipinski definition) is 1. The van der Waals surface area contributed by atoms with Crippen LogP contribution >= 0.6 is 0 Å². The van der Waals surface area contributed by atoms with Crippen molar-refractivity contribution in [3.63, 3.8) is 0 Å². The fraction of sp³-hybridized carbons (Fsp3) is 0.632. The molecule has 0 bridgehead atoms. The van der Waals surface area contributed by atoms with E-state index < -0.39 is 0 Å². The summed E-state index contributed by atoms with van der Waals surface area (Å²) in [6.07, 6.45) is 2.28. The Morgan fingerprint density at radius 2 is 2.04 bits per heavy atom. The Morgan fingerprint density at radius 1 is 1.35 bits per heavy atom. The van der Waals surface area contributed by atoms with Gasteiger partial charge in [0, 0.05) is 26.2 Å². The van der Waals surface area contributed by atoms with Gasteiger partial charge in [-0.25, -0.2) is 0 Å². The van der Waals surface area contributed by atoms with Crippen LogP contribution in [0, 0.1) is 11.8 Å². The van der Waals surface area contributed by atoms with Gasteiger partial charge in [0.15, 0.2) is 0 Å². The largest absolute Gasteiger partial charge is 0.341 e. The molecule has 0 saturated carbocycles. The van der Waals surface area contributed by atoms with Crippen molar-refractivity contribution >= 4 is 5.91 Å². The molecule has 23 heavy (non-hydrogen) atoms. The van der Waals surface area contributed by atoms with Crippen LogP contribution in [0.25, 0.3) is 0 Å². The van der Waals surface area contributed by atoms with Gasteiger partial charge in [0.1, 0.15) is 0 Å². The highest BCUT2D eigenvalue weighted by Gasteiger charge is 2.28. The Labute approximate surface area is 140 Å². The summed E-state index contributed by atoms with van der Waals surface area (Å²) in [5, 5.41) is 0. The van der Waals surface area contributed by atoms with E-state index in [1.807, 2.05) is 24.8 Å². The van der Waals surface area contributed by atoms with E-state index in [-0.39, 0.29) is 17.9 Å². The molecule has 1 fully saturated rings. The lowest BCUT2D eigenvalue weighted by atomic mass is 9.95. The summed E-state index contributed by atoms with van der Waals surface area (Å²) in [5.41, 5.74) is 7.37. The van der Waals surface area contributed by atoms with E-state index in [1.54, 1.807) is 0 Å². The first-order chi connectivity index (χ1) is 11.0. The number of rotatable bonds is 6. The second kappa shape index (κ2) is 8.46. The van der Waals surface area contributed by atoms with Gasteiger partial charge in [-0.3, -0.25) is 4.79 Å². The van der Waals surface area contributed by atoms with Crippen molar-refractivity contribution in [2.45, 2.75) is 39.3 Å². The van der Waals surface area contributed by atoms with Crippen LogP contribution < -0.4 is 5.73 Å². The van der Waals surface area contributed by atoms with Crippen LogP contribution in [0.2, 0.25) is 0 Å². The molecule has 0 radical (unpaired) electrons. The first-order valence-corrected chi connectivity index (χ1v) is 8.74. The van der Waals surface area contributed by atoms with Crippen LogP contribution in [0.5, 0.6) is 0 Å². The van der Waals surface area contributed by atoms with Crippen molar-refractivity contribution in [1.29, 1.82) is 0 Å². The third kappa shape index (κ3) is 5.33. The highest BCUT2D eigenvalue weighted by Crippen LogP contribution is 2.19. The Hall–Kier alpha value is -1.39. The maximum absolute atomic E-state index is 12.4. The molecule has 0 aromatic heterocycles. The molecule has 0 unspecified atom stereocenters. The lowest BCUT2D eigenvalue weighted by Gasteiger charge is -2.36. The van der Waals surface area contributed by atoms with Gasteiger partial charge in [0.05, 0.1) is 6.04 Å². The predicted molar refractivity (Wildman–Crippen MR) is 94.9 cm³/mol. The maximum Gasteiger partial charge on any atom is 0.239 e. The fourth-order valence-electron chi connectivity index (χ4n) is 3.31. The van der Waals surface area contributed by atoms with Crippen LogP contribution in [-0.4, -0.2) is 48.4 Å². The molecule has 128 valence electrons. The molecular formula is C19H31N3O. The minimum atomic E-state index is -0.365. The number of nitrogens with two attached hydrogens (primary N) is 1. The smallest absolute Gasteiger partial charge is 0.239 e. The quantitative estimate of drug-likeness (QED) is 0.876. The number of carbonyl (C=O) groups excluding carboxylic acids is 1. The van der Waals surface area contributed by atoms with Crippen LogP contribution in [0.4, 0.5) is 0 Å². The summed E-state index contributed by atoms with van der Waals surface area (Å²) in [6.45, 7) is 7.71. The number of piperidine rings is 1. The van der Waals surface area contributed by atoms with Gasteiger partial charge in [-0.2, -0.15) is 0 Å². The molecule has 1 aliphatic heterocycles. The van der Waals surface area contributed by atoms with Crippen molar-refractivity contribution in [2.75, 3.05) is 26.7 Å². The van der Waals surface area contributed by atoms with Crippen LogP contribution in [-0.2, 0) is 11.3 Å². The molecule has 0 aliphatic carbocycles. The highest BCUT2D eigenvalue weighted by atomic mass is 16.2. The molecule has 1 aliphatic rings. The zero-order valence-corrected chi connectivity index (χ0v) is 14.7.